The average molecular weight is 404 g/mol. The van der Waals surface area contributed by atoms with Crippen LogP contribution < -0.4 is 5.32 Å². The van der Waals surface area contributed by atoms with Gasteiger partial charge in [0.2, 0.25) is 11.7 Å². The van der Waals surface area contributed by atoms with Crippen LogP contribution in [0.5, 0.6) is 0 Å². The van der Waals surface area contributed by atoms with Crippen molar-refractivity contribution >= 4 is 34.8 Å². The summed E-state index contributed by atoms with van der Waals surface area (Å²) in [6, 6.07) is 11.4. The van der Waals surface area contributed by atoms with Crippen LogP contribution in [0.2, 0.25) is 10.0 Å². The average Bonchev–Trinajstić information content (AvgIpc) is 3.10. The van der Waals surface area contributed by atoms with Gasteiger partial charge in [-0.05, 0) is 35.2 Å². The highest BCUT2D eigenvalue weighted by Crippen LogP contribution is 2.32. The van der Waals surface area contributed by atoms with Gasteiger partial charge in [0.25, 0.3) is 0 Å². The molecule has 140 valence electrons. The number of amides is 1. The minimum atomic E-state index is -0.344. The zero-order valence-corrected chi connectivity index (χ0v) is 16.7. The Morgan fingerprint density at radius 1 is 1.15 bits per heavy atom. The van der Waals surface area contributed by atoms with Crippen LogP contribution in [0.1, 0.15) is 30.9 Å². The third-order valence-corrected chi connectivity index (χ3v) is 4.92. The Morgan fingerprint density at radius 2 is 1.85 bits per heavy atom. The zero-order chi connectivity index (χ0) is 19.6. The smallest absolute Gasteiger partial charge is 0.248 e. The summed E-state index contributed by atoms with van der Waals surface area (Å²) in [5.41, 5.74) is 3.28. The number of nitrogens with zero attached hydrogens (tertiary/aromatic N) is 4. The second kappa shape index (κ2) is 8.06. The summed E-state index contributed by atoms with van der Waals surface area (Å²) in [4.78, 5) is 13.5. The van der Waals surface area contributed by atoms with Crippen molar-refractivity contribution in [2.24, 2.45) is 0 Å². The van der Waals surface area contributed by atoms with Crippen molar-refractivity contribution in [2.45, 2.75) is 33.2 Å². The molecule has 1 amide bonds. The van der Waals surface area contributed by atoms with Crippen LogP contribution in [0, 0.1) is 6.92 Å². The first-order chi connectivity index (χ1) is 12.8. The maximum absolute atomic E-state index is 12.3. The summed E-state index contributed by atoms with van der Waals surface area (Å²) in [5.74, 6) is 0.569. The lowest BCUT2D eigenvalue weighted by molar-refractivity contribution is -0.117. The second-order valence-corrected chi connectivity index (χ2v) is 7.31. The lowest BCUT2D eigenvalue weighted by Crippen LogP contribution is -2.21. The van der Waals surface area contributed by atoms with E-state index in [2.05, 4.69) is 34.6 Å². The fraction of sp³-hybridized carbons (Fsp3) is 0.263. The van der Waals surface area contributed by atoms with Gasteiger partial charge in [-0.1, -0.05) is 67.4 Å². The summed E-state index contributed by atoms with van der Waals surface area (Å²) in [6.07, 6.45) is 0. The summed E-state index contributed by atoms with van der Waals surface area (Å²) in [5, 5.41) is 15.7. The van der Waals surface area contributed by atoms with Crippen molar-refractivity contribution in [1.29, 1.82) is 0 Å². The summed E-state index contributed by atoms with van der Waals surface area (Å²) >= 11 is 12.3. The molecule has 3 aromatic rings. The third-order valence-electron chi connectivity index (χ3n) is 4.12. The standard InChI is InChI=1S/C19H19Cl2N5O/c1-11(2)13-5-7-14(8-6-13)19-23-25-26(24-19)10-16(27)22-18-15(20)9-4-12(3)17(18)21/h4-9,11H,10H2,1-3H3,(H,22,27). The molecule has 1 heterocycles. The molecule has 0 saturated carbocycles. The molecule has 0 fully saturated rings. The van der Waals surface area contributed by atoms with E-state index < -0.39 is 0 Å². The number of aromatic nitrogens is 4. The molecule has 0 spiro atoms. The first-order valence-corrected chi connectivity index (χ1v) is 9.23. The van der Waals surface area contributed by atoms with Crippen LogP contribution in [-0.4, -0.2) is 26.1 Å². The Morgan fingerprint density at radius 3 is 2.52 bits per heavy atom. The van der Waals surface area contributed by atoms with Crippen LogP contribution >= 0.6 is 23.2 Å². The van der Waals surface area contributed by atoms with E-state index in [0.717, 1.165) is 11.1 Å². The lowest BCUT2D eigenvalue weighted by Gasteiger charge is -2.10. The molecule has 0 aliphatic rings. The van der Waals surface area contributed by atoms with Gasteiger partial charge in [0.15, 0.2) is 0 Å². The quantitative estimate of drug-likeness (QED) is 0.668. The van der Waals surface area contributed by atoms with E-state index in [1.807, 2.05) is 31.2 Å². The minimum Gasteiger partial charge on any atom is -0.322 e. The molecule has 0 unspecified atom stereocenters. The van der Waals surface area contributed by atoms with Gasteiger partial charge in [0.1, 0.15) is 6.54 Å². The van der Waals surface area contributed by atoms with Crippen LogP contribution in [0.3, 0.4) is 0 Å². The Labute approximate surface area is 167 Å². The van der Waals surface area contributed by atoms with Gasteiger partial charge in [-0.25, -0.2) is 0 Å². The van der Waals surface area contributed by atoms with Crippen LogP contribution in [0.4, 0.5) is 5.69 Å². The number of benzene rings is 2. The van der Waals surface area contributed by atoms with Gasteiger partial charge in [-0.15, -0.1) is 10.2 Å². The Bertz CT molecular complexity index is 967. The predicted molar refractivity (Wildman–Crippen MR) is 107 cm³/mol. The molecule has 0 atom stereocenters. The first kappa shape index (κ1) is 19.3. The van der Waals surface area contributed by atoms with Crippen molar-refractivity contribution in [2.75, 3.05) is 5.32 Å². The number of nitrogens with one attached hydrogen (secondary N) is 1. The van der Waals surface area contributed by atoms with Crippen LogP contribution in [0.15, 0.2) is 36.4 Å². The summed E-state index contributed by atoms with van der Waals surface area (Å²) in [7, 11) is 0. The highest BCUT2D eigenvalue weighted by Gasteiger charge is 2.14. The van der Waals surface area contributed by atoms with Crippen molar-refractivity contribution in [1.82, 2.24) is 20.2 Å². The lowest BCUT2D eigenvalue weighted by atomic mass is 10.0. The van der Waals surface area contributed by atoms with E-state index in [0.29, 0.717) is 27.5 Å². The molecule has 3 rings (SSSR count). The zero-order valence-electron chi connectivity index (χ0n) is 15.2. The van der Waals surface area contributed by atoms with Gasteiger partial charge in [0.05, 0.1) is 15.7 Å². The second-order valence-electron chi connectivity index (χ2n) is 6.52. The molecule has 0 radical (unpaired) electrons. The van der Waals surface area contributed by atoms with E-state index in [4.69, 9.17) is 23.2 Å². The van der Waals surface area contributed by atoms with Crippen LogP contribution in [0.25, 0.3) is 11.4 Å². The number of tetrazole rings is 1. The monoisotopic (exact) mass is 403 g/mol. The molecule has 6 nitrogen and oxygen atoms in total. The van der Waals surface area contributed by atoms with Crippen LogP contribution in [-0.2, 0) is 11.3 Å². The predicted octanol–water partition coefficient (Wildman–Crippen LogP) is 4.72. The topological polar surface area (TPSA) is 72.7 Å². The number of rotatable bonds is 5. The van der Waals surface area contributed by atoms with E-state index in [-0.39, 0.29) is 12.5 Å². The molecule has 0 aliphatic heterocycles. The molecule has 8 heteroatoms. The first-order valence-electron chi connectivity index (χ1n) is 8.47. The van der Waals surface area contributed by atoms with Gasteiger partial charge in [-0.3, -0.25) is 4.79 Å². The van der Waals surface area contributed by atoms with Gasteiger partial charge in [0, 0.05) is 5.56 Å². The van der Waals surface area contributed by atoms with Crippen molar-refractivity contribution in [3.63, 3.8) is 0 Å². The fourth-order valence-electron chi connectivity index (χ4n) is 2.52. The van der Waals surface area contributed by atoms with Gasteiger partial charge >= 0.3 is 0 Å². The molecular weight excluding hydrogens is 385 g/mol. The minimum absolute atomic E-state index is 0.0995. The Hall–Kier alpha value is -2.44. The third kappa shape index (κ3) is 4.46. The molecule has 27 heavy (non-hydrogen) atoms. The number of hydrogen-bond acceptors (Lipinski definition) is 4. The molecule has 2 aromatic carbocycles. The highest BCUT2D eigenvalue weighted by molar-refractivity contribution is 6.40. The number of anilines is 1. The maximum atomic E-state index is 12.3. The Kier molecular flexibility index (Phi) is 5.77. The molecule has 0 bridgehead atoms. The molecule has 0 saturated heterocycles. The number of hydrogen-bond donors (Lipinski definition) is 1. The molecule has 1 aromatic heterocycles. The number of halogens is 2. The number of carbonyl (C=O) groups is 1. The highest BCUT2D eigenvalue weighted by atomic mass is 35.5. The van der Waals surface area contributed by atoms with Crippen molar-refractivity contribution in [3.8, 4) is 11.4 Å². The fourth-order valence-corrected chi connectivity index (χ4v) is 2.99. The Balaban J connectivity index is 1.70. The maximum Gasteiger partial charge on any atom is 0.248 e. The number of carbonyl (C=O) groups excluding carboxylic acids is 1. The molecular formula is C19H19Cl2N5O. The van der Waals surface area contributed by atoms with Crippen molar-refractivity contribution in [3.05, 3.63) is 57.6 Å². The van der Waals surface area contributed by atoms with E-state index in [1.54, 1.807) is 12.1 Å². The normalized spacial score (nSPS) is 11.0. The SMILES string of the molecule is Cc1ccc(Cl)c(NC(=O)Cn2nnc(-c3ccc(C(C)C)cc3)n2)c1Cl. The number of aryl methyl sites for hydroxylation is 1. The van der Waals surface area contributed by atoms with E-state index >= 15 is 0 Å². The van der Waals surface area contributed by atoms with Gasteiger partial charge < -0.3 is 5.32 Å². The summed E-state index contributed by atoms with van der Waals surface area (Å²) < 4.78 is 0. The summed E-state index contributed by atoms with van der Waals surface area (Å²) in [6.45, 7) is 6.01. The van der Waals surface area contributed by atoms with E-state index in [9.17, 15) is 4.79 Å². The molecule has 1 N–H and O–H groups in total. The van der Waals surface area contributed by atoms with Crippen molar-refractivity contribution < 1.29 is 4.79 Å². The molecule has 0 aliphatic carbocycles. The largest absolute Gasteiger partial charge is 0.322 e. The van der Waals surface area contributed by atoms with Gasteiger partial charge in [-0.2, -0.15) is 4.80 Å². The van der Waals surface area contributed by atoms with E-state index in [1.165, 1.54) is 10.4 Å².